The van der Waals surface area contributed by atoms with Gasteiger partial charge in [0.25, 0.3) is 5.91 Å². The van der Waals surface area contributed by atoms with E-state index in [1.165, 1.54) is 30.9 Å². The van der Waals surface area contributed by atoms with E-state index in [9.17, 15) is 13.6 Å². The van der Waals surface area contributed by atoms with E-state index in [2.05, 4.69) is 15.4 Å². The summed E-state index contributed by atoms with van der Waals surface area (Å²) < 4.78 is 37.5. The lowest BCUT2D eigenvalue weighted by atomic mass is 10.1. The Bertz CT molecular complexity index is 1080. The molecule has 2 aromatic carbocycles. The highest BCUT2D eigenvalue weighted by Crippen LogP contribution is 2.22. The minimum absolute atomic E-state index is 0.0578. The molecule has 1 amide bonds. The number of halogens is 2. The maximum Gasteiger partial charge on any atom is 0.278 e. The molecule has 1 aromatic heterocycles. The molecule has 32 heavy (non-hydrogen) atoms. The molecule has 0 saturated carbocycles. The van der Waals surface area contributed by atoms with Gasteiger partial charge in [-0.2, -0.15) is 0 Å². The number of amides is 1. The minimum Gasteiger partial charge on any atom is -0.486 e. The van der Waals surface area contributed by atoms with E-state index < -0.39 is 17.5 Å². The van der Waals surface area contributed by atoms with E-state index in [0.717, 1.165) is 31.8 Å². The molecule has 0 bridgehead atoms. The highest BCUT2D eigenvalue weighted by atomic mass is 19.1. The molecule has 0 radical (unpaired) electrons. The SMILES string of the molecule is Cc1onc(C(=O)Nc2ccc(CN3CCCCC3)cc2)c1COc1ccc(F)cc1F. The smallest absolute Gasteiger partial charge is 0.278 e. The molecule has 1 aliphatic rings. The zero-order chi connectivity index (χ0) is 22.5. The molecular weight excluding hydrogens is 416 g/mol. The van der Waals surface area contributed by atoms with Gasteiger partial charge in [-0.15, -0.1) is 0 Å². The van der Waals surface area contributed by atoms with Crippen molar-refractivity contribution in [2.45, 2.75) is 39.3 Å². The number of aromatic nitrogens is 1. The van der Waals surface area contributed by atoms with Gasteiger partial charge < -0.3 is 14.6 Å². The number of rotatable bonds is 7. The van der Waals surface area contributed by atoms with Gasteiger partial charge in [0.1, 0.15) is 18.2 Å². The number of nitrogens with zero attached hydrogens (tertiary/aromatic N) is 2. The molecule has 1 saturated heterocycles. The number of likely N-dealkylation sites (tertiary alicyclic amines) is 1. The number of aryl methyl sites for hydroxylation is 1. The summed E-state index contributed by atoms with van der Waals surface area (Å²) in [6.45, 7) is 4.64. The van der Waals surface area contributed by atoms with Crippen molar-refractivity contribution in [3.63, 3.8) is 0 Å². The number of carbonyl (C=O) groups is 1. The maximum absolute atomic E-state index is 13.8. The third-order valence-electron chi connectivity index (χ3n) is 5.53. The Balaban J connectivity index is 1.39. The first kappa shape index (κ1) is 22.0. The number of nitrogens with one attached hydrogen (secondary N) is 1. The van der Waals surface area contributed by atoms with Crippen LogP contribution in [0.5, 0.6) is 5.75 Å². The molecule has 4 rings (SSSR count). The van der Waals surface area contributed by atoms with E-state index in [4.69, 9.17) is 9.26 Å². The third kappa shape index (κ3) is 5.31. The average molecular weight is 441 g/mol. The quantitative estimate of drug-likeness (QED) is 0.554. The molecular formula is C24H25F2N3O3. The van der Waals surface area contributed by atoms with Crippen LogP contribution in [-0.4, -0.2) is 29.1 Å². The number of ether oxygens (including phenoxy) is 1. The van der Waals surface area contributed by atoms with E-state index in [0.29, 0.717) is 17.0 Å². The van der Waals surface area contributed by atoms with E-state index in [-0.39, 0.29) is 18.1 Å². The second kappa shape index (κ2) is 9.91. The number of carbonyl (C=O) groups excluding carboxylic acids is 1. The molecule has 0 spiro atoms. The third-order valence-corrected chi connectivity index (χ3v) is 5.53. The normalized spacial score (nSPS) is 14.3. The summed E-state index contributed by atoms with van der Waals surface area (Å²) in [7, 11) is 0. The van der Waals surface area contributed by atoms with Gasteiger partial charge in [-0.25, -0.2) is 8.78 Å². The second-order valence-corrected chi connectivity index (χ2v) is 7.92. The summed E-state index contributed by atoms with van der Waals surface area (Å²) in [5, 5.41) is 6.63. The van der Waals surface area contributed by atoms with Crippen LogP contribution in [0.25, 0.3) is 0 Å². The molecule has 0 unspecified atom stereocenters. The predicted molar refractivity (Wildman–Crippen MR) is 115 cm³/mol. The summed E-state index contributed by atoms with van der Waals surface area (Å²) >= 11 is 0. The molecule has 1 N–H and O–H groups in total. The molecule has 2 heterocycles. The number of piperidine rings is 1. The first-order valence-electron chi connectivity index (χ1n) is 10.7. The molecule has 1 aliphatic heterocycles. The van der Waals surface area contributed by atoms with Gasteiger partial charge in [-0.3, -0.25) is 9.69 Å². The Labute approximate surface area is 185 Å². The van der Waals surface area contributed by atoms with Gasteiger partial charge >= 0.3 is 0 Å². The lowest BCUT2D eigenvalue weighted by molar-refractivity contribution is 0.101. The van der Waals surface area contributed by atoms with Crippen LogP contribution in [0.3, 0.4) is 0 Å². The van der Waals surface area contributed by atoms with Crippen molar-refractivity contribution in [3.05, 3.63) is 76.7 Å². The van der Waals surface area contributed by atoms with E-state index >= 15 is 0 Å². The Morgan fingerprint density at radius 2 is 1.88 bits per heavy atom. The standard InChI is InChI=1S/C24H25F2N3O3/c1-16-20(15-31-22-10-7-18(25)13-21(22)26)23(28-32-16)24(30)27-19-8-5-17(6-9-19)14-29-11-3-2-4-12-29/h5-10,13H,2-4,11-12,14-15H2,1H3,(H,27,30). The summed E-state index contributed by atoms with van der Waals surface area (Å²) in [6, 6.07) is 10.7. The molecule has 6 nitrogen and oxygen atoms in total. The van der Waals surface area contributed by atoms with Crippen LogP contribution in [0, 0.1) is 18.6 Å². The first-order valence-corrected chi connectivity index (χ1v) is 10.7. The van der Waals surface area contributed by atoms with E-state index in [1.807, 2.05) is 24.3 Å². The van der Waals surface area contributed by atoms with Gasteiger partial charge in [0.05, 0.1) is 5.56 Å². The van der Waals surface area contributed by atoms with Crippen LogP contribution in [-0.2, 0) is 13.2 Å². The van der Waals surface area contributed by atoms with Gasteiger partial charge in [-0.05, 0) is 62.7 Å². The minimum atomic E-state index is -0.824. The van der Waals surface area contributed by atoms with Gasteiger partial charge in [0.15, 0.2) is 17.3 Å². The summed E-state index contributed by atoms with van der Waals surface area (Å²) in [5.41, 5.74) is 2.28. The van der Waals surface area contributed by atoms with Gasteiger partial charge in [0.2, 0.25) is 0 Å². The molecule has 0 aliphatic carbocycles. The Morgan fingerprint density at radius 1 is 1.12 bits per heavy atom. The fraction of sp³-hybridized carbons (Fsp3) is 0.333. The van der Waals surface area contributed by atoms with Crippen LogP contribution in [0.4, 0.5) is 14.5 Å². The highest BCUT2D eigenvalue weighted by molar-refractivity contribution is 6.03. The van der Waals surface area contributed by atoms with Crippen LogP contribution in [0.1, 0.15) is 46.6 Å². The second-order valence-electron chi connectivity index (χ2n) is 7.92. The number of anilines is 1. The lowest BCUT2D eigenvalue weighted by Crippen LogP contribution is -2.29. The topological polar surface area (TPSA) is 67.6 Å². The monoisotopic (exact) mass is 441 g/mol. The molecule has 8 heteroatoms. The molecule has 1 fully saturated rings. The largest absolute Gasteiger partial charge is 0.486 e. The molecule has 0 atom stereocenters. The summed E-state index contributed by atoms with van der Waals surface area (Å²) in [4.78, 5) is 15.2. The van der Waals surface area contributed by atoms with Crippen LogP contribution in [0.15, 0.2) is 47.0 Å². The van der Waals surface area contributed by atoms with Crippen LogP contribution < -0.4 is 10.1 Å². The van der Waals surface area contributed by atoms with Gasteiger partial charge in [-0.1, -0.05) is 23.7 Å². The summed E-state index contributed by atoms with van der Waals surface area (Å²) in [6.07, 6.45) is 3.78. The molecule has 3 aromatic rings. The van der Waals surface area contributed by atoms with Crippen molar-refractivity contribution in [1.82, 2.24) is 10.1 Å². The van der Waals surface area contributed by atoms with Crippen molar-refractivity contribution in [2.24, 2.45) is 0 Å². The van der Waals surface area contributed by atoms with Crippen molar-refractivity contribution in [3.8, 4) is 5.75 Å². The van der Waals surface area contributed by atoms with E-state index in [1.54, 1.807) is 6.92 Å². The van der Waals surface area contributed by atoms with Crippen LogP contribution >= 0.6 is 0 Å². The summed E-state index contributed by atoms with van der Waals surface area (Å²) in [5.74, 6) is -1.71. The van der Waals surface area contributed by atoms with Crippen molar-refractivity contribution < 1.29 is 22.8 Å². The first-order chi connectivity index (χ1) is 15.5. The number of benzene rings is 2. The van der Waals surface area contributed by atoms with Crippen LogP contribution in [0.2, 0.25) is 0 Å². The highest BCUT2D eigenvalue weighted by Gasteiger charge is 2.21. The predicted octanol–water partition coefficient (Wildman–Crippen LogP) is 5.08. The number of hydrogen-bond donors (Lipinski definition) is 1. The number of hydrogen-bond acceptors (Lipinski definition) is 5. The molecule has 168 valence electrons. The average Bonchev–Trinajstić information content (AvgIpc) is 3.16. The fourth-order valence-corrected chi connectivity index (χ4v) is 3.74. The van der Waals surface area contributed by atoms with Crippen molar-refractivity contribution in [1.29, 1.82) is 0 Å². The van der Waals surface area contributed by atoms with Gasteiger partial charge in [0, 0.05) is 18.3 Å². The Kier molecular flexibility index (Phi) is 6.80. The lowest BCUT2D eigenvalue weighted by Gasteiger charge is -2.26. The fourth-order valence-electron chi connectivity index (χ4n) is 3.74. The Morgan fingerprint density at radius 3 is 2.59 bits per heavy atom. The van der Waals surface area contributed by atoms with Crippen molar-refractivity contribution >= 4 is 11.6 Å². The Hall–Kier alpha value is -3.26. The zero-order valence-corrected chi connectivity index (χ0v) is 17.9. The zero-order valence-electron chi connectivity index (χ0n) is 17.9. The van der Waals surface area contributed by atoms with Crippen molar-refractivity contribution in [2.75, 3.05) is 18.4 Å². The maximum atomic E-state index is 13.8.